The number of nitrogens with zero attached hydrogens (tertiary/aromatic N) is 3. The van der Waals surface area contributed by atoms with Gasteiger partial charge in [-0.1, -0.05) is 0 Å². The van der Waals surface area contributed by atoms with Gasteiger partial charge in [-0.3, -0.25) is 10.1 Å². The van der Waals surface area contributed by atoms with Crippen molar-refractivity contribution in [2.45, 2.75) is 37.3 Å². The van der Waals surface area contributed by atoms with E-state index in [2.05, 4.69) is 20.6 Å². The van der Waals surface area contributed by atoms with Crippen LogP contribution in [0.4, 0.5) is 14.7 Å². The summed E-state index contributed by atoms with van der Waals surface area (Å²) in [6.45, 7) is 0.995. The third-order valence-corrected chi connectivity index (χ3v) is 4.03. The Bertz CT molecular complexity index is 527. The molecule has 2 aliphatic rings. The first-order chi connectivity index (χ1) is 10.5. The highest BCUT2D eigenvalue weighted by Crippen LogP contribution is 2.25. The van der Waals surface area contributed by atoms with Crippen LogP contribution in [0.2, 0.25) is 0 Å². The second kappa shape index (κ2) is 6.12. The van der Waals surface area contributed by atoms with Crippen molar-refractivity contribution in [1.82, 2.24) is 20.6 Å². The molecule has 8 heteroatoms. The molecule has 120 valence electrons. The van der Waals surface area contributed by atoms with Gasteiger partial charge in [-0.15, -0.1) is 0 Å². The van der Waals surface area contributed by atoms with Crippen molar-refractivity contribution in [1.29, 1.82) is 0 Å². The van der Waals surface area contributed by atoms with Crippen molar-refractivity contribution in [2.75, 3.05) is 24.5 Å². The normalized spacial score (nSPS) is 27.6. The number of alkyl halides is 2. The molecule has 0 aliphatic carbocycles. The predicted molar refractivity (Wildman–Crippen MR) is 76.8 cm³/mol. The Morgan fingerprint density at radius 1 is 1.41 bits per heavy atom. The molecule has 2 unspecified atom stereocenters. The van der Waals surface area contributed by atoms with Gasteiger partial charge < -0.3 is 10.2 Å². The summed E-state index contributed by atoms with van der Waals surface area (Å²) in [6, 6.07) is 0.873. The first kappa shape index (κ1) is 15.1. The van der Waals surface area contributed by atoms with Crippen LogP contribution in [0.3, 0.4) is 0 Å². The SMILES string of the molecule is O=C(NC1CCCN(c2ncccn2)C1)C1CC(F)(F)CN1. The lowest BCUT2D eigenvalue weighted by Crippen LogP contribution is -2.52. The van der Waals surface area contributed by atoms with Crippen LogP contribution < -0.4 is 15.5 Å². The smallest absolute Gasteiger partial charge is 0.262 e. The van der Waals surface area contributed by atoms with Crippen LogP contribution in [0.15, 0.2) is 18.5 Å². The fourth-order valence-corrected chi connectivity index (χ4v) is 2.93. The summed E-state index contributed by atoms with van der Waals surface area (Å²) in [6.07, 6.45) is 4.65. The molecule has 2 saturated heterocycles. The second-order valence-corrected chi connectivity index (χ2v) is 5.84. The highest BCUT2D eigenvalue weighted by atomic mass is 19.3. The molecule has 0 radical (unpaired) electrons. The molecule has 22 heavy (non-hydrogen) atoms. The van der Waals surface area contributed by atoms with Crippen LogP contribution in [0.5, 0.6) is 0 Å². The van der Waals surface area contributed by atoms with E-state index in [4.69, 9.17) is 0 Å². The van der Waals surface area contributed by atoms with Crippen molar-refractivity contribution >= 4 is 11.9 Å². The van der Waals surface area contributed by atoms with Gasteiger partial charge >= 0.3 is 0 Å². The molecule has 6 nitrogen and oxygen atoms in total. The molecule has 2 N–H and O–H groups in total. The Labute approximate surface area is 127 Å². The third kappa shape index (κ3) is 3.49. The van der Waals surface area contributed by atoms with Crippen molar-refractivity contribution < 1.29 is 13.6 Å². The minimum Gasteiger partial charge on any atom is -0.350 e. The number of piperidine rings is 1. The summed E-state index contributed by atoms with van der Waals surface area (Å²) in [5.74, 6) is -2.51. The van der Waals surface area contributed by atoms with Gasteiger partial charge in [0, 0.05) is 37.9 Å². The number of halogens is 2. The van der Waals surface area contributed by atoms with E-state index in [-0.39, 0.29) is 11.9 Å². The Morgan fingerprint density at radius 3 is 2.86 bits per heavy atom. The Hall–Kier alpha value is -1.83. The second-order valence-electron chi connectivity index (χ2n) is 5.84. The zero-order valence-corrected chi connectivity index (χ0v) is 12.1. The monoisotopic (exact) mass is 311 g/mol. The van der Waals surface area contributed by atoms with Crippen LogP contribution in [-0.2, 0) is 4.79 Å². The summed E-state index contributed by atoms with van der Waals surface area (Å²) in [5, 5.41) is 5.45. The number of aromatic nitrogens is 2. The van der Waals surface area contributed by atoms with Crippen molar-refractivity contribution in [3.05, 3.63) is 18.5 Å². The lowest BCUT2D eigenvalue weighted by molar-refractivity contribution is -0.124. The molecule has 2 aliphatic heterocycles. The van der Waals surface area contributed by atoms with E-state index in [1.807, 2.05) is 4.90 Å². The minimum atomic E-state index is -2.79. The first-order valence-corrected chi connectivity index (χ1v) is 7.47. The number of amides is 1. The average molecular weight is 311 g/mol. The van der Waals surface area contributed by atoms with Crippen molar-refractivity contribution in [3.8, 4) is 0 Å². The maximum absolute atomic E-state index is 13.1. The van der Waals surface area contributed by atoms with Gasteiger partial charge in [-0.25, -0.2) is 18.7 Å². The lowest BCUT2D eigenvalue weighted by atomic mass is 10.1. The molecule has 2 atom stereocenters. The topological polar surface area (TPSA) is 70.2 Å². The van der Waals surface area contributed by atoms with Crippen molar-refractivity contribution in [2.24, 2.45) is 0 Å². The number of carbonyl (C=O) groups excluding carboxylic acids is 1. The molecule has 1 aromatic rings. The number of carbonyl (C=O) groups is 1. The molecule has 0 saturated carbocycles. The average Bonchev–Trinajstić information content (AvgIpc) is 2.89. The fraction of sp³-hybridized carbons (Fsp3) is 0.643. The van der Waals surface area contributed by atoms with Crippen LogP contribution in [0, 0.1) is 0 Å². The summed E-state index contributed by atoms with van der Waals surface area (Å²) in [5.41, 5.74) is 0. The van der Waals surface area contributed by atoms with Crippen LogP contribution >= 0.6 is 0 Å². The van der Waals surface area contributed by atoms with Gasteiger partial charge in [-0.2, -0.15) is 0 Å². The van der Waals surface area contributed by atoms with Crippen LogP contribution in [0.25, 0.3) is 0 Å². The van der Waals surface area contributed by atoms with E-state index >= 15 is 0 Å². The quantitative estimate of drug-likeness (QED) is 0.853. The number of hydrogen-bond acceptors (Lipinski definition) is 5. The molecule has 2 fully saturated rings. The number of nitrogens with one attached hydrogen (secondary N) is 2. The summed E-state index contributed by atoms with van der Waals surface area (Å²) in [7, 11) is 0. The van der Waals surface area contributed by atoms with Gasteiger partial charge in [0.05, 0.1) is 12.6 Å². The Morgan fingerprint density at radius 2 is 2.18 bits per heavy atom. The number of anilines is 1. The molecular formula is C14H19F2N5O. The van der Waals surface area contributed by atoms with Crippen LogP contribution in [-0.4, -0.2) is 53.5 Å². The van der Waals surface area contributed by atoms with Gasteiger partial charge in [0.1, 0.15) is 0 Å². The molecule has 1 aromatic heterocycles. The maximum Gasteiger partial charge on any atom is 0.262 e. The van der Waals surface area contributed by atoms with E-state index in [0.29, 0.717) is 12.5 Å². The van der Waals surface area contributed by atoms with Crippen molar-refractivity contribution in [3.63, 3.8) is 0 Å². The van der Waals surface area contributed by atoms with Gasteiger partial charge in [0.25, 0.3) is 5.92 Å². The number of rotatable bonds is 3. The first-order valence-electron chi connectivity index (χ1n) is 7.47. The van der Waals surface area contributed by atoms with Gasteiger partial charge in [-0.05, 0) is 18.9 Å². The molecule has 0 spiro atoms. The fourth-order valence-electron chi connectivity index (χ4n) is 2.93. The Balaban J connectivity index is 1.56. The summed E-state index contributed by atoms with van der Waals surface area (Å²) >= 11 is 0. The predicted octanol–water partition coefficient (Wildman–Crippen LogP) is 0.559. The largest absolute Gasteiger partial charge is 0.350 e. The molecule has 1 amide bonds. The van der Waals surface area contributed by atoms with E-state index in [0.717, 1.165) is 19.4 Å². The zero-order valence-electron chi connectivity index (χ0n) is 12.1. The highest BCUT2D eigenvalue weighted by Gasteiger charge is 2.42. The van der Waals surface area contributed by atoms with Gasteiger partial charge in [0.15, 0.2) is 0 Å². The Kier molecular flexibility index (Phi) is 4.19. The van der Waals surface area contributed by atoms with Crippen LogP contribution in [0.1, 0.15) is 19.3 Å². The standard InChI is InChI=1S/C14H19F2N5O/c15-14(16)7-11(19-9-14)12(22)20-10-3-1-6-21(8-10)13-17-4-2-5-18-13/h2,4-5,10-11,19H,1,3,6-9H2,(H,20,22). The summed E-state index contributed by atoms with van der Waals surface area (Å²) < 4.78 is 26.3. The molecule has 0 bridgehead atoms. The maximum atomic E-state index is 13.1. The molecule has 3 heterocycles. The lowest BCUT2D eigenvalue weighted by Gasteiger charge is -2.33. The highest BCUT2D eigenvalue weighted by molar-refractivity contribution is 5.82. The van der Waals surface area contributed by atoms with E-state index in [9.17, 15) is 13.6 Å². The van der Waals surface area contributed by atoms with E-state index < -0.39 is 24.9 Å². The summed E-state index contributed by atoms with van der Waals surface area (Å²) in [4.78, 5) is 22.5. The minimum absolute atomic E-state index is 0.0684. The zero-order chi connectivity index (χ0) is 15.6. The number of hydrogen-bond donors (Lipinski definition) is 2. The molecule has 0 aromatic carbocycles. The van der Waals surface area contributed by atoms with E-state index in [1.165, 1.54) is 0 Å². The van der Waals surface area contributed by atoms with Gasteiger partial charge in [0.2, 0.25) is 11.9 Å². The van der Waals surface area contributed by atoms with E-state index in [1.54, 1.807) is 18.5 Å². The third-order valence-electron chi connectivity index (χ3n) is 4.03. The molecule has 3 rings (SSSR count). The molecular weight excluding hydrogens is 292 g/mol.